The fraction of sp³-hybridized carbons (Fsp3) is 0.348. The fourth-order valence-corrected chi connectivity index (χ4v) is 4.31. The van der Waals surface area contributed by atoms with Crippen molar-refractivity contribution in [3.05, 3.63) is 63.7 Å². The summed E-state index contributed by atoms with van der Waals surface area (Å²) >= 11 is 0. The second-order valence-corrected chi connectivity index (χ2v) is 8.10. The molecule has 0 bridgehead atoms. The first-order chi connectivity index (χ1) is 15.3. The van der Waals surface area contributed by atoms with Gasteiger partial charge < -0.3 is 15.1 Å². The van der Waals surface area contributed by atoms with Crippen molar-refractivity contribution in [2.24, 2.45) is 0 Å². The van der Waals surface area contributed by atoms with E-state index in [0.29, 0.717) is 49.2 Å². The van der Waals surface area contributed by atoms with E-state index in [0.717, 1.165) is 12.1 Å². The van der Waals surface area contributed by atoms with Crippen LogP contribution in [0.4, 0.5) is 17.1 Å². The number of carbonyl (C=O) groups is 3. The van der Waals surface area contributed by atoms with Crippen molar-refractivity contribution >= 4 is 34.8 Å². The van der Waals surface area contributed by atoms with Gasteiger partial charge in [-0.3, -0.25) is 24.5 Å². The molecular formula is C23H24N4O5. The van der Waals surface area contributed by atoms with Crippen molar-refractivity contribution in [3.8, 4) is 0 Å². The predicted molar refractivity (Wildman–Crippen MR) is 119 cm³/mol. The van der Waals surface area contributed by atoms with Crippen LogP contribution in [0.3, 0.4) is 0 Å². The molecule has 2 aromatic rings. The van der Waals surface area contributed by atoms with Gasteiger partial charge in [0, 0.05) is 48.1 Å². The summed E-state index contributed by atoms with van der Waals surface area (Å²) in [4.78, 5) is 51.6. The van der Waals surface area contributed by atoms with Gasteiger partial charge in [-0.25, -0.2) is 0 Å². The molecule has 1 unspecified atom stereocenters. The van der Waals surface area contributed by atoms with Crippen LogP contribution in [-0.4, -0.2) is 46.7 Å². The van der Waals surface area contributed by atoms with E-state index in [1.54, 1.807) is 36.1 Å². The predicted octanol–water partition coefficient (Wildman–Crippen LogP) is 3.27. The molecule has 2 aromatic carbocycles. The Kier molecular flexibility index (Phi) is 5.89. The second-order valence-electron chi connectivity index (χ2n) is 8.10. The zero-order chi connectivity index (χ0) is 22.8. The molecule has 0 saturated carbocycles. The summed E-state index contributed by atoms with van der Waals surface area (Å²) in [5.74, 6) is -0.494. The Morgan fingerprint density at radius 1 is 1.09 bits per heavy atom. The molecule has 3 amide bonds. The third-order valence-electron chi connectivity index (χ3n) is 5.98. The molecule has 2 saturated heterocycles. The molecule has 2 aliphatic rings. The van der Waals surface area contributed by atoms with Crippen LogP contribution in [-0.2, 0) is 9.59 Å². The van der Waals surface area contributed by atoms with E-state index in [9.17, 15) is 24.5 Å². The Balaban J connectivity index is 1.44. The third kappa shape index (κ3) is 4.18. The highest BCUT2D eigenvalue weighted by Gasteiger charge is 2.35. The molecule has 4 rings (SSSR count). The maximum atomic E-state index is 13.0. The number of nitrogens with zero attached hydrogens (tertiary/aromatic N) is 3. The van der Waals surface area contributed by atoms with Crippen LogP contribution in [0.5, 0.6) is 0 Å². The average molecular weight is 436 g/mol. The van der Waals surface area contributed by atoms with Crippen LogP contribution in [0.1, 0.15) is 41.6 Å². The number of nitro groups is 1. The molecule has 9 nitrogen and oxygen atoms in total. The number of likely N-dealkylation sites (tertiary alicyclic amines) is 1. The van der Waals surface area contributed by atoms with E-state index in [1.807, 2.05) is 0 Å². The summed E-state index contributed by atoms with van der Waals surface area (Å²) in [6, 6.07) is 10.7. The average Bonchev–Trinajstić information content (AvgIpc) is 3.42. The Hall–Kier alpha value is -3.75. The summed E-state index contributed by atoms with van der Waals surface area (Å²) in [5, 5.41) is 13.9. The smallest absolute Gasteiger partial charge is 0.272 e. The van der Waals surface area contributed by atoms with E-state index in [2.05, 4.69) is 5.32 Å². The van der Waals surface area contributed by atoms with Crippen molar-refractivity contribution < 1.29 is 19.3 Å². The van der Waals surface area contributed by atoms with Gasteiger partial charge >= 0.3 is 0 Å². The summed E-state index contributed by atoms with van der Waals surface area (Å²) < 4.78 is 0. The molecule has 0 aliphatic carbocycles. The largest absolute Gasteiger partial charge is 0.327 e. The highest BCUT2D eigenvalue weighted by Crippen LogP contribution is 2.26. The number of hydrogen-bond acceptors (Lipinski definition) is 5. The zero-order valence-corrected chi connectivity index (χ0v) is 17.7. The number of nitrogens with one attached hydrogen (secondary N) is 1. The number of rotatable bonds is 5. The quantitative estimate of drug-likeness (QED) is 0.571. The molecule has 0 radical (unpaired) electrons. The van der Waals surface area contributed by atoms with Crippen LogP contribution in [0.2, 0.25) is 0 Å². The molecule has 0 spiro atoms. The lowest BCUT2D eigenvalue weighted by Gasteiger charge is -2.24. The first kappa shape index (κ1) is 21.5. The van der Waals surface area contributed by atoms with E-state index < -0.39 is 11.0 Å². The van der Waals surface area contributed by atoms with Crippen LogP contribution in [0.25, 0.3) is 0 Å². The van der Waals surface area contributed by atoms with Crippen molar-refractivity contribution in [1.82, 2.24) is 4.90 Å². The van der Waals surface area contributed by atoms with Gasteiger partial charge in [-0.15, -0.1) is 0 Å². The standard InChI is InChI=1S/C23H24N4O5/c1-15-14-16(6-11-19(15)27(31)32)23(30)26-13-2-4-20(26)22(29)24-17-7-9-18(10-8-17)25-12-3-5-21(25)28/h6-11,14,20H,2-5,12-13H2,1H3,(H,24,29). The van der Waals surface area contributed by atoms with Crippen molar-refractivity contribution in [1.29, 1.82) is 0 Å². The topological polar surface area (TPSA) is 113 Å². The minimum atomic E-state index is -0.613. The van der Waals surface area contributed by atoms with Gasteiger partial charge in [0.2, 0.25) is 11.8 Å². The number of hydrogen-bond donors (Lipinski definition) is 1. The molecular weight excluding hydrogens is 412 g/mol. The first-order valence-corrected chi connectivity index (χ1v) is 10.6. The Morgan fingerprint density at radius 3 is 2.47 bits per heavy atom. The number of benzene rings is 2. The number of amides is 3. The molecule has 9 heteroatoms. The first-order valence-electron chi connectivity index (χ1n) is 10.6. The normalized spacial score (nSPS) is 18.2. The van der Waals surface area contributed by atoms with Gasteiger partial charge in [-0.1, -0.05) is 0 Å². The maximum absolute atomic E-state index is 13.0. The van der Waals surface area contributed by atoms with Crippen LogP contribution < -0.4 is 10.2 Å². The molecule has 0 aromatic heterocycles. The maximum Gasteiger partial charge on any atom is 0.272 e. The summed E-state index contributed by atoms with van der Waals surface area (Å²) in [5.41, 5.74) is 2.08. The second kappa shape index (κ2) is 8.78. The number of anilines is 2. The van der Waals surface area contributed by atoms with E-state index in [4.69, 9.17) is 0 Å². The highest BCUT2D eigenvalue weighted by molar-refractivity contribution is 6.02. The molecule has 2 heterocycles. The van der Waals surface area contributed by atoms with E-state index >= 15 is 0 Å². The molecule has 2 fully saturated rings. The minimum Gasteiger partial charge on any atom is -0.327 e. The molecule has 1 N–H and O–H groups in total. The van der Waals surface area contributed by atoms with E-state index in [1.165, 1.54) is 23.1 Å². The summed E-state index contributed by atoms with van der Waals surface area (Å²) in [6.07, 6.45) is 2.64. The molecule has 166 valence electrons. The lowest BCUT2D eigenvalue weighted by Crippen LogP contribution is -2.43. The highest BCUT2D eigenvalue weighted by atomic mass is 16.6. The van der Waals surface area contributed by atoms with Gasteiger partial charge in [-0.05, 0) is 62.6 Å². The monoisotopic (exact) mass is 436 g/mol. The summed E-state index contributed by atoms with van der Waals surface area (Å²) in [7, 11) is 0. The molecule has 32 heavy (non-hydrogen) atoms. The fourth-order valence-electron chi connectivity index (χ4n) is 4.31. The van der Waals surface area contributed by atoms with E-state index in [-0.39, 0.29) is 23.4 Å². The van der Waals surface area contributed by atoms with Crippen molar-refractivity contribution in [2.45, 2.75) is 38.6 Å². The molecule has 2 aliphatic heterocycles. The third-order valence-corrected chi connectivity index (χ3v) is 5.98. The lowest BCUT2D eigenvalue weighted by atomic mass is 10.1. The van der Waals surface area contributed by atoms with Gasteiger partial charge in [0.1, 0.15) is 6.04 Å². The van der Waals surface area contributed by atoms with Crippen molar-refractivity contribution in [3.63, 3.8) is 0 Å². The van der Waals surface area contributed by atoms with Crippen LogP contribution in [0.15, 0.2) is 42.5 Å². The van der Waals surface area contributed by atoms with Crippen LogP contribution in [0, 0.1) is 17.0 Å². The molecule has 1 atom stereocenters. The van der Waals surface area contributed by atoms with Gasteiger partial charge in [-0.2, -0.15) is 0 Å². The minimum absolute atomic E-state index is 0.0451. The van der Waals surface area contributed by atoms with Crippen molar-refractivity contribution in [2.75, 3.05) is 23.3 Å². The SMILES string of the molecule is Cc1cc(C(=O)N2CCCC2C(=O)Nc2ccc(N3CCCC3=O)cc2)ccc1[N+](=O)[O-]. The summed E-state index contributed by atoms with van der Waals surface area (Å²) in [6.45, 7) is 2.73. The number of aryl methyl sites for hydroxylation is 1. The van der Waals surface area contributed by atoms with Gasteiger partial charge in [0.15, 0.2) is 0 Å². The van der Waals surface area contributed by atoms with Crippen LogP contribution >= 0.6 is 0 Å². The Labute approximate surface area is 185 Å². The lowest BCUT2D eigenvalue weighted by molar-refractivity contribution is -0.385. The Morgan fingerprint density at radius 2 is 1.84 bits per heavy atom. The van der Waals surface area contributed by atoms with Gasteiger partial charge in [0.25, 0.3) is 11.6 Å². The Bertz CT molecular complexity index is 1080. The number of carbonyl (C=O) groups excluding carboxylic acids is 3. The number of nitro benzene ring substituents is 1. The zero-order valence-electron chi connectivity index (χ0n) is 17.7. The van der Waals surface area contributed by atoms with Gasteiger partial charge in [0.05, 0.1) is 4.92 Å².